The molecule has 0 radical (unpaired) electrons. The summed E-state index contributed by atoms with van der Waals surface area (Å²) in [6.45, 7) is 2.51. The number of anilines is 1. The first-order valence-electron chi connectivity index (χ1n) is 7.15. The largest absolute Gasteiger partial charge is 0.399 e. The van der Waals surface area contributed by atoms with Crippen molar-refractivity contribution in [2.45, 2.75) is 30.6 Å². The lowest BCUT2D eigenvalue weighted by Crippen LogP contribution is -2.28. The molecule has 2 N–H and O–H groups in total. The molecule has 1 aromatic carbocycles. The lowest BCUT2D eigenvalue weighted by molar-refractivity contribution is 0.313. The van der Waals surface area contributed by atoms with E-state index in [1.54, 1.807) is 24.3 Å². The summed E-state index contributed by atoms with van der Waals surface area (Å²) >= 11 is 0. The van der Waals surface area contributed by atoms with Crippen LogP contribution in [0.3, 0.4) is 0 Å². The van der Waals surface area contributed by atoms with Crippen LogP contribution in [0.1, 0.15) is 31.2 Å². The van der Waals surface area contributed by atoms with Gasteiger partial charge in [-0.05, 0) is 55.8 Å². The monoisotopic (exact) mass is 292 g/mol. The molecule has 1 fully saturated rings. The Hall–Kier alpha value is -1.33. The third-order valence-corrected chi connectivity index (χ3v) is 5.95. The van der Waals surface area contributed by atoms with E-state index in [4.69, 9.17) is 5.73 Å². The van der Waals surface area contributed by atoms with Crippen molar-refractivity contribution in [3.05, 3.63) is 28.7 Å². The molecule has 1 aromatic rings. The smallest absolute Gasteiger partial charge is 0.204 e. The molecule has 2 heterocycles. The zero-order valence-corrected chi connectivity index (χ0v) is 12.3. The number of nitrogens with two attached hydrogens (primary N) is 1. The Bertz CT molecular complexity index is 642. The lowest BCUT2D eigenvalue weighted by atomic mass is 10.2. The molecule has 5 heteroatoms. The second-order valence-electron chi connectivity index (χ2n) is 5.60. The van der Waals surface area contributed by atoms with Gasteiger partial charge in [0.15, 0.2) is 0 Å². The van der Waals surface area contributed by atoms with Gasteiger partial charge in [-0.25, -0.2) is 8.42 Å². The van der Waals surface area contributed by atoms with Crippen molar-refractivity contribution in [2.24, 2.45) is 0 Å². The maximum absolute atomic E-state index is 12.5. The summed E-state index contributed by atoms with van der Waals surface area (Å²) in [6, 6.07) is 5.01. The average Bonchev–Trinajstić information content (AvgIpc) is 2.60. The summed E-state index contributed by atoms with van der Waals surface area (Å²) in [4.78, 5) is 3.17. The van der Waals surface area contributed by atoms with E-state index in [2.05, 4.69) is 4.90 Å². The molecule has 0 aliphatic carbocycles. The fraction of sp³-hybridized carbons (Fsp3) is 0.467. The topological polar surface area (TPSA) is 63.4 Å². The Kier molecular flexibility index (Phi) is 3.56. The molecule has 108 valence electrons. The minimum absolute atomic E-state index is 0.400. The molecule has 0 unspecified atom stereocenters. The van der Waals surface area contributed by atoms with Crippen LogP contribution in [-0.2, 0) is 9.84 Å². The number of sulfone groups is 1. The van der Waals surface area contributed by atoms with Crippen LogP contribution in [0.25, 0.3) is 6.08 Å². The van der Waals surface area contributed by atoms with Crippen molar-refractivity contribution >= 4 is 21.6 Å². The Morgan fingerprint density at radius 3 is 2.50 bits per heavy atom. The highest BCUT2D eigenvalue weighted by atomic mass is 32.2. The summed E-state index contributed by atoms with van der Waals surface area (Å²) in [5.41, 5.74) is 7.07. The van der Waals surface area contributed by atoms with E-state index in [-0.39, 0.29) is 0 Å². The van der Waals surface area contributed by atoms with Gasteiger partial charge in [0.25, 0.3) is 0 Å². The van der Waals surface area contributed by atoms with Crippen LogP contribution in [0.2, 0.25) is 0 Å². The summed E-state index contributed by atoms with van der Waals surface area (Å²) in [5, 5.41) is 0. The molecule has 20 heavy (non-hydrogen) atoms. The van der Waals surface area contributed by atoms with Crippen LogP contribution in [-0.4, -0.2) is 33.0 Å². The number of fused-ring (bicyclic) bond motifs is 1. The molecular weight excluding hydrogens is 272 g/mol. The molecule has 0 atom stereocenters. The SMILES string of the molecule is Nc1ccc2c(c1)C=C(CN1CCCCCC1)S2(=O)=O. The van der Waals surface area contributed by atoms with Crippen LogP contribution in [0, 0.1) is 0 Å². The predicted molar refractivity (Wildman–Crippen MR) is 80.9 cm³/mol. The van der Waals surface area contributed by atoms with Crippen molar-refractivity contribution in [2.75, 3.05) is 25.4 Å². The number of benzene rings is 1. The lowest BCUT2D eigenvalue weighted by Gasteiger charge is -2.19. The predicted octanol–water partition coefficient (Wildman–Crippen LogP) is 2.27. The molecule has 0 amide bonds. The Morgan fingerprint density at radius 2 is 1.80 bits per heavy atom. The molecule has 2 aliphatic rings. The second-order valence-corrected chi connectivity index (χ2v) is 7.57. The van der Waals surface area contributed by atoms with E-state index >= 15 is 0 Å². The number of nitrogen functional groups attached to an aromatic ring is 1. The first-order chi connectivity index (χ1) is 9.57. The van der Waals surface area contributed by atoms with Crippen LogP contribution < -0.4 is 5.73 Å². The normalized spacial score (nSPS) is 22.1. The van der Waals surface area contributed by atoms with E-state index in [0.29, 0.717) is 22.0 Å². The van der Waals surface area contributed by atoms with E-state index < -0.39 is 9.84 Å². The van der Waals surface area contributed by atoms with Gasteiger partial charge < -0.3 is 5.73 Å². The number of nitrogens with zero attached hydrogens (tertiary/aromatic N) is 1. The number of likely N-dealkylation sites (tertiary alicyclic amines) is 1. The number of hydrogen-bond donors (Lipinski definition) is 1. The first kappa shape index (κ1) is 13.6. The standard InChI is InChI=1S/C15H20N2O2S/c16-13-5-6-15-12(9-13)10-14(20(15,18)19)11-17-7-3-1-2-4-8-17/h5-6,9-10H,1-4,7-8,11,16H2. The van der Waals surface area contributed by atoms with Gasteiger partial charge in [-0.1, -0.05) is 12.8 Å². The molecule has 1 saturated heterocycles. The molecule has 2 aliphatic heterocycles. The van der Waals surface area contributed by atoms with Gasteiger partial charge >= 0.3 is 0 Å². The van der Waals surface area contributed by atoms with Crippen LogP contribution in [0.4, 0.5) is 5.69 Å². The zero-order valence-electron chi connectivity index (χ0n) is 11.5. The fourth-order valence-electron chi connectivity index (χ4n) is 2.96. The highest BCUT2D eigenvalue weighted by Gasteiger charge is 2.30. The van der Waals surface area contributed by atoms with Crippen LogP contribution in [0.15, 0.2) is 28.0 Å². The highest BCUT2D eigenvalue weighted by Crippen LogP contribution is 2.34. The fourth-order valence-corrected chi connectivity index (χ4v) is 4.55. The summed E-state index contributed by atoms with van der Waals surface area (Å²) in [6.07, 6.45) is 6.60. The van der Waals surface area contributed by atoms with Gasteiger partial charge in [-0.3, -0.25) is 4.90 Å². The average molecular weight is 292 g/mol. The maximum Gasteiger partial charge on any atom is 0.204 e. The minimum Gasteiger partial charge on any atom is -0.399 e. The van der Waals surface area contributed by atoms with Gasteiger partial charge in [-0.2, -0.15) is 0 Å². The third kappa shape index (κ3) is 2.47. The van der Waals surface area contributed by atoms with Crippen LogP contribution in [0.5, 0.6) is 0 Å². The van der Waals surface area contributed by atoms with E-state index in [9.17, 15) is 8.42 Å². The maximum atomic E-state index is 12.5. The molecule has 4 nitrogen and oxygen atoms in total. The van der Waals surface area contributed by atoms with Gasteiger partial charge in [0.1, 0.15) is 0 Å². The van der Waals surface area contributed by atoms with Gasteiger partial charge in [0, 0.05) is 12.2 Å². The Labute approximate surface area is 120 Å². The van der Waals surface area contributed by atoms with E-state index in [1.165, 1.54) is 12.8 Å². The quantitative estimate of drug-likeness (QED) is 0.849. The second kappa shape index (κ2) is 5.22. The van der Waals surface area contributed by atoms with Gasteiger partial charge in [0.2, 0.25) is 9.84 Å². The summed E-state index contributed by atoms with van der Waals surface area (Å²) in [7, 11) is -3.31. The van der Waals surface area contributed by atoms with Crippen molar-refractivity contribution in [1.82, 2.24) is 4.90 Å². The zero-order chi connectivity index (χ0) is 14.2. The Morgan fingerprint density at radius 1 is 1.10 bits per heavy atom. The van der Waals surface area contributed by atoms with Crippen LogP contribution >= 0.6 is 0 Å². The van der Waals surface area contributed by atoms with Crippen molar-refractivity contribution in [1.29, 1.82) is 0 Å². The van der Waals surface area contributed by atoms with E-state index in [1.807, 2.05) is 0 Å². The third-order valence-electron chi connectivity index (χ3n) is 4.06. The molecule has 0 bridgehead atoms. The van der Waals surface area contributed by atoms with Crippen molar-refractivity contribution < 1.29 is 8.42 Å². The number of rotatable bonds is 2. The minimum atomic E-state index is -3.31. The molecule has 3 rings (SSSR count). The van der Waals surface area contributed by atoms with Gasteiger partial charge in [0.05, 0.1) is 9.80 Å². The first-order valence-corrected chi connectivity index (χ1v) is 8.63. The molecule has 0 saturated carbocycles. The number of hydrogen-bond acceptors (Lipinski definition) is 4. The van der Waals surface area contributed by atoms with Crippen molar-refractivity contribution in [3.63, 3.8) is 0 Å². The van der Waals surface area contributed by atoms with E-state index in [0.717, 1.165) is 31.5 Å². The van der Waals surface area contributed by atoms with Crippen molar-refractivity contribution in [3.8, 4) is 0 Å². The Balaban J connectivity index is 1.86. The summed E-state index contributed by atoms with van der Waals surface area (Å²) in [5.74, 6) is 0. The van der Waals surface area contributed by atoms with Gasteiger partial charge in [-0.15, -0.1) is 0 Å². The summed E-state index contributed by atoms with van der Waals surface area (Å²) < 4.78 is 25.0. The molecule has 0 aromatic heterocycles. The molecular formula is C15H20N2O2S. The molecule has 0 spiro atoms. The highest BCUT2D eigenvalue weighted by molar-refractivity contribution is 7.95.